The van der Waals surface area contributed by atoms with E-state index in [0.29, 0.717) is 31.6 Å². The molecule has 0 rings (SSSR count). The second-order valence-corrected chi connectivity index (χ2v) is 8.28. The molecule has 0 fully saturated rings. The molecule has 0 radical (unpaired) electrons. The van der Waals surface area contributed by atoms with Crippen LogP contribution in [0.15, 0.2) is 0 Å². The number of nitrogens with one attached hydrogen (secondary N) is 3. The Hall–Kier alpha value is -1.15. The van der Waals surface area contributed by atoms with Gasteiger partial charge in [-0.15, -0.1) is 0 Å². The number of unbranched alkanes of at least 4 members (excludes halogenated alkanes) is 1. The predicted molar refractivity (Wildman–Crippen MR) is 125 cm³/mol. The van der Waals surface area contributed by atoms with E-state index in [-0.39, 0.29) is 11.5 Å². The molecule has 174 valence electrons. The molecule has 3 amide bonds. The molecule has 0 aliphatic heterocycles. The highest BCUT2D eigenvalue weighted by molar-refractivity contribution is 7.98. The van der Waals surface area contributed by atoms with Gasteiger partial charge in [0.2, 0.25) is 17.7 Å². The van der Waals surface area contributed by atoms with E-state index in [0.717, 1.165) is 6.42 Å². The van der Waals surface area contributed by atoms with Crippen molar-refractivity contribution in [3.63, 3.8) is 0 Å². The Labute approximate surface area is 192 Å². The van der Waals surface area contributed by atoms with Crippen molar-refractivity contribution in [3.8, 4) is 0 Å². The van der Waals surface area contributed by atoms with E-state index in [2.05, 4.69) is 41.2 Å². The Bertz CT molecular complexity index is 570. The van der Waals surface area contributed by atoms with Crippen LogP contribution < -0.4 is 27.4 Å². The lowest BCUT2D eigenvalue weighted by Crippen LogP contribution is -2.58. The van der Waals surface area contributed by atoms with Crippen LogP contribution in [0.5, 0.6) is 0 Å². The van der Waals surface area contributed by atoms with Crippen molar-refractivity contribution in [1.29, 1.82) is 0 Å². The number of rotatable bonds is 16. The molecule has 10 nitrogen and oxygen atoms in total. The van der Waals surface area contributed by atoms with Crippen LogP contribution in [-0.2, 0) is 19.2 Å². The third kappa shape index (κ3) is 11.3. The highest BCUT2D eigenvalue weighted by Crippen LogP contribution is 2.05. The maximum Gasteiger partial charge on any atom is 0.327 e. The van der Waals surface area contributed by atoms with Crippen molar-refractivity contribution in [3.05, 3.63) is 0 Å². The van der Waals surface area contributed by atoms with Crippen LogP contribution in [0.3, 0.4) is 0 Å². The quantitative estimate of drug-likeness (QED) is 0.0975. The van der Waals surface area contributed by atoms with Crippen LogP contribution in [0, 0.1) is 0 Å². The third-order valence-electron chi connectivity index (χ3n) is 4.16. The molecule has 13 heteroatoms. The number of hydrogen-bond donors (Lipinski definition) is 8. The van der Waals surface area contributed by atoms with Gasteiger partial charge in [-0.1, -0.05) is 6.42 Å². The van der Waals surface area contributed by atoms with Gasteiger partial charge in [-0.2, -0.15) is 37.0 Å². The average molecular weight is 484 g/mol. The number of nitrogens with two attached hydrogens (primary N) is 2. The molecule has 0 saturated heterocycles. The topological polar surface area (TPSA) is 177 Å². The van der Waals surface area contributed by atoms with Gasteiger partial charge in [-0.3, -0.25) is 14.4 Å². The summed E-state index contributed by atoms with van der Waals surface area (Å²) < 4.78 is 0. The van der Waals surface area contributed by atoms with E-state index in [1.54, 1.807) is 0 Å². The minimum atomic E-state index is -1.24. The minimum Gasteiger partial charge on any atom is -0.480 e. The molecule has 0 aromatic heterocycles. The normalized spacial score (nSPS) is 14.8. The highest BCUT2D eigenvalue weighted by Gasteiger charge is 2.29. The van der Waals surface area contributed by atoms with E-state index in [4.69, 9.17) is 16.6 Å². The third-order valence-corrected chi connectivity index (χ3v) is 5.54. The number of thioether (sulfide) groups is 1. The molecule has 0 aliphatic rings. The summed E-state index contributed by atoms with van der Waals surface area (Å²) in [7, 11) is 0. The lowest BCUT2D eigenvalue weighted by Gasteiger charge is -2.24. The Kier molecular flexibility index (Phi) is 15.9. The molecule has 0 heterocycles. The fourth-order valence-corrected chi connectivity index (χ4v) is 3.32. The van der Waals surface area contributed by atoms with Crippen LogP contribution >= 0.6 is 37.0 Å². The summed E-state index contributed by atoms with van der Waals surface area (Å²) in [6, 6.07) is -3.93. The summed E-state index contributed by atoms with van der Waals surface area (Å²) in [5.41, 5.74) is 11.3. The number of carboxylic acids is 1. The van der Waals surface area contributed by atoms with Crippen LogP contribution in [-0.4, -0.2) is 83.0 Å². The number of carbonyl (C=O) groups is 4. The number of carbonyl (C=O) groups excluding carboxylic acids is 3. The van der Waals surface area contributed by atoms with Crippen LogP contribution in [0.25, 0.3) is 0 Å². The SMILES string of the molecule is CSCCC(NC(=O)C(N)CCCCN)C(=O)NC(CS)C(=O)NC(CS)C(=O)O. The smallest absolute Gasteiger partial charge is 0.327 e. The van der Waals surface area contributed by atoms with Gasteiger partial charge in [0.15, 0.2) is 0 Å². The number of carboxylic acid groups (broad SMARTS) is 1. The highest BCUT2D eigenvalue weighted by atomic mass is 32.2. The van der Waals surface area contributed by atoms with Crippen molar-refractivity contribution in [2.24, 2.45) is 11.5 Å². The Morgan fingerprint density at radius 3 is 1.93 bits per heavy atom. The molecule has 4 unspecified atom stereocenters. The number of aliphatic carboxylic acids is 1. The second kappa shape index (κ2) is 16.5. The van der Waals surface area contributed by atoms with Gasteiger partial charge in [-0.25, -0.2) is 4.79 Å². The molecular formula is C17H33N5O5S3. The van der Waals surface area contributed by atoms with Gasteiger partial charge in [0, 0.05) is 11.5 Å². The van der Waals surface area contributed by atoms with Crippen molar-refractivity contribution in [2.75, 3.05) is 30.1 Å². The first-order valence-corrected chi connectivity index (χ1v) is 12.2. The van der Waals surface area contributed by atoms with E-state index in [1.165, 1.54) is 11.8 Å². The van der Waals surface area contributed by atoms with Gasteiger partial charge in [0.25, 0.3) is 0 Å². The van der Waals surface area contributed by atoms with Crippen molar-refractivity contribution < 1.29 is 24.3 Å². The summed E-state index contributed by atoms with van der Waals surface area (Å²) in [4.78, 5) is 48.4. The Morgan fingerprint density at radius 1 is 0.900 bits per heavy atom. The van der Waals surface area contributed by atoms with E-state index in [1.807, 2.05) is 6.26 Å². The largest absolute Gasteiger partial charge is 0.480 e. The molecule has 0 aromatic carbocycles. The van der Waals surface area contributed by atoms with Gasteiger partial charge < -0.3 is 32.5 Å². The summed E-state index contributed by atoms with van der Waals surface area (Å²) in [5.74, 6) is -2.54. The van der Waals surface area contributed by atoms with Crippen LogP contribution in [0.4, 0.5) is 0 Å². The molecular weight excluding hydrogens is 450 g/mol. The number of thiol groups is 2. The van der Waals surface area contributed by atoms with Gasteiger partial charge in [-0.05, 0) is 37.8 Å². The Balaban J connectivity index is 5.02. The minimum absolute atomic E-state index is 0.0573. The first-order chi connectivity index (χ1) is 14.2. The van der Waals surface area contributed by atoms with Gasteiger partial charge in [0.05, 0.1) is 6.04 Å². The fourth-order valence-electron chi connectivity index (χ4n) is 2.35. The van der Waals surface area contributed by atoms with E-state index >= 15 is 0 Å². The van der Waals surface area contributed by atoms with Gasteiger partial charge >= 0.3 is 5.97 Å². The maximum atomic E-state index is 12.7. The molecule has 0 aliphatic carbocycles. The lowest BCUT2D eigenvalue weighted by atomic mass is 10.1. The molecule has 0 bridgehead atoms. The molecule has 4 atom stereocenters. The van der Waals surface area contributed by atoms with E-state index < -0.39 is 47.9 Å². The first-order valence-electron chi connectivity index (χ1n) is 9.51. The summed E-state index contributed by atoms with van der Waals surface area (Å²) in [6.07, 6.45) is 4.10. The zero-order valence-corrected chi connectivity index (χ0v) is 19.6. The van der Waals surface area contributed by atoms with Crippen molar-refractivity contribution >= 4 is 60.7 Å². The maximum absolute atomic E-state index is 12.7. The average Bonchev–Trinajstić information content (AvgIpc) is 2.72. The summed E-state index contributed by atoms with van der Waals surface area (Å²) in [5, 5.41) is 16.5. The lowest BCUT2D eigenvalue weighted by molar-refractivity contribution is -0.141. The van der Waals surface area contributed by atoms with Crippen molar-refractivity contribution in [1.82, 2.24) is 16.0 Å². The monoisotopic (exact) mass is 483 g/mol. The van der Waals surface area contributed by atoms with Crippen molar-refractivity contribution in [2.45, 2.75) is 49.9 Å². The zero-order chi connectivity index (χ0) is 23.1. The van der Waals surface area contributed by atoms with Gasteiger partial charge in [0.1, 0.15) is 18.1 Å². The molecule has 8 N–H and O–H groups in total. The number of hydrogen-bond acceptors (Lipinski definition) is 9. The van der Waals surface area contributed by atoms with Crippen LogP contribution in [0.2, 0.25) is 0 Å². The second-order valence-electron chi connectivity index (χ2n) is 6.56. The van der Waals surface area contributed by atoms with E-state index in [9.17, 15) is 19.2 Å². The summed E-state index contributed by atoms with van der Waals surface area (Å²) >= 11 is 9.44. The van der Waals surface area contributed by atoms with Crippen LogP contribution in [0.1, 0.15) is 25.7 Å². The molecule has 0 saturated carbocycles. The first kappa shape index (κ1) is 28.9. The molecule has 0 aromatic rings. The molecule has 0 spiro atoms. The molecule has 30 heavy (non-hydrogen) atoms. The Morgan fingerprint density at radius 2 is 1.43 bits per heavy atom. The number of amides is 3. The predicted octanol–water partition coefficient (Wildman–Crippen LogP) is -1.41. The standard InChI is InChI=1S/C17H33N5O5S3/c1-30-7-5-11(20-14(23)10(19)4-2-3-6-18)15(24)21-12(8-28)16(25)22-13(9-29)17(26)27/h10-13,28-29H,2-9,18-19H2,1H3,(H,20,23)(H,21,24)(H,22,25)(H,26,27). The summed E-state index contributed by atoms with van der Waals surface area (Å²) in [6.45, 7) is 0.510. The fraction of sp³-hybridized carbons (Fsp3) is 0.765. The zero-order valence-electron chi connectivity index (χ0n) is 17.0.